The monoisotopic (exact) mass is 317 g/mol. The number of likely N-dealkylation sites (tertiary alicyclic amines) is 1. The van der Waals surface area contributed by atoms with Crippen molar-refractivity contribution >= 4 is 5.91 Å². The van der Waals surface area contributed by atoms with Crippen molar-refractivity contribution in [2.75, 3.05) is 40.8 Å². The van der Waals surface area contributed by atoms with E-state index in [0.717, 1.165) is 19.6 Å². The fraction of sp³-hybridized carbons (Fsp3) is 0.667. The molecule has 126 valence electrons. The zero-order valence-corrected chi connectivity index (χ0v) is 14.8. The second-order valence-electron chi connectivity index (χ2n) is 8.12. The van der Waals surface area contributed by atoms with Gasteiger partial charge in [-0.05, 0) is 37.9 Å². The van der Waals surface area contributed by atoms with Gasteiger partial charge in [-0.1, -0.05) is 13.8 Å². The number of aromatic nitrogens is 1. The highest BCUT2D eigenvalue weighted by Crippen LogP contribution is 2.62. The van der Waals surface area contributed by atoms with Crippen molar-refractivity contribution in [3.05, 3.63) is 24.0 Å². The Bertz CT molecular complexity index is 610. The number of ether oxygens (including phenoxy) is 1. The maximum Gasteiger partial charge on any atom is 0.255 e. The summed E-state index contributed by atoms with van der Waals surface area (Å²) in [4.78, 5) is 21.3. The SMILES string of the molecule is COc1cncc(C(=O)N2C[C@@H]3C(C)(C)C[C@]3(CN(C)C)C2)c1. The molecule has 2 heterocycles. The summed E-state index contributed by atoms with van der Waals surface area (Å²) in [6.07, 6.45) is 4.44. The zero-order chi connectivity index (χ0) is 16.8. The van der Waals surface area contributed by atoms with Crippen LogP contribution in [0.25, 0.3) is 0 Å². The topological polar surface area (TPSA) is 45.7 Å². The number of rotatable bonds is 4. The highest BCUT2D eigenvalue weighted by molar-refractivity contribution is 5.94. The van der Waals surface area contributed by atoms with Gasteiger partial charge in [-0.25, -0.2) is 0 Å². The van der Waals surface area contributed by atoms with Gasteiger partial charge in [0.2, 0.25) is 0 Å². The third-order valence-corrected chi connectivity index (χ3v) is 5.51. The number of pyridine rings is 1. The standard InChI is InChI=1S/C18H27N3O2/c1-17(2)10-18(11-20(3)4)12-21(9-15(17)18)16(22)13-6-14(23-5)8-19-7-13/h6-8,15H,9-12H2,1-5H3/t15-,18+/m1/s1. The Morgan fingerprint density at radius 3 is 2.78 bits per heavy atom. The molecule has 1 aliphatic carbocycles. The first-order valence-electron chi connectivity index (χ1n) is 8.20. The third kappa shape index (κ3) is 2.71. The zero-order valence-electron chi connectivity index (χ0n) is 14.8. The largest absolute Gasteiger partial charge is 0.495 e. The molecule has 23 heavy (non-hydrogen) atoms. The molecule has 1 aromatic heterocycles. The number of carbonyl (C=O) groups is 1. The number of carbonyl (C=O) groups excluding carboxylic acids is 1. The molecule has 0 spiro atoms. The van der Waals surface area contributed by atoms with Gasteiger partial charge < -0.3 is 14.5 Å². The molecule has 1 amide bonds. The Hall–Kier alpha value is -1.62. The van der Waals surface area contributed by atoms with Gasteiger partial charge in [-0.2, -0.15) is 0 Å². The van der Waals surface area contributed by atoms with Crippen LogP contribution in [-0.2, 0) is 0 Å². The number of fused-ring (bicyclic) bond motifs is 1. The Morgan fingerprint density at radius 1 is 1.43 bits per heavy atom. The van der Waals surface area contributed by atoms with E-state index in [4.69, 9.17) is 4.74 Å². The van der Waals surface area contributed by atoms with E-state index in [0.29, 0.717) is 22.6 Å². The van der Waals surface area contributed by atoms with E-state index in [9.17, 15) is 4.79 Å². The summed E-state index contributed by atoms with van der Waals surface area (Å²) in [5, 5.41) is 0. The first-order chi connectivity index (χ1) is 10.8. The van der Waals surface area contributed by atoms with Gasteiger partial charge in [0.1, 0.15) is 5.75 Å². The number of amides is 1. The summed E-state index contributed by atoms with van der Waals surface area (Å²) >= 11 is 0. The number of methoxy groups -OCH3 is 1. The van der Waals surface area contributed by atoms with Gasteiger partial charge in [-0.3, -0.25) is 9.78 Å². The van der Waals surface area contributed by atoms with Crippen LogP contribution >= 0.6 is 0 Å². The molecule has 0 unspecified atom stereocenters. The summed E-state index contributed by atoms with van der Waals surface area (Å²) in [6.45, 7) is 7.38. The average molecular weight is 317 g/mol. The molecule has 1 saturated carbocycles. The van der Waals surface area contributed by atoms with Crippen LogP contribution in [0.3, 0.4) is 0 Å². The predicted octanol–water partition coefficient (Wildman–Crippen LogP) is 2.14. The maximum absolute atomic E-state index is 12.9. The molecule has 3 rings (SSSR count). The molecular weight excluding hydrogens is 290 g/mol. The van der Waals surface area contributed by atoms with Crippen LogP contribution in [0.5, 0.6) is 5.75 Å². The van der Waals surface area contributed by atoms with Crippen molar-refractivity contribution in [2.45, 2.75) is 20.3 Å². The van der Waals surface area contributed by atoms with Gasteiger partial charge in [-0.15, -0.1) is 0 Å². The molecule has 0 N–H and O–H groups in total. The Morgan fingerprint density at radius 2 is 2.17 bits per heavy atom. The lowest BCUT2D eigenvalue weighted by molar-refractivity contribution is -0.0789. The first kappa shape index (κ1) is 16.2. The number of nitrogens with zero attached hydrogens (tertiary/aromatic N) is 3. The highest BCUT2D eigenvalue weighted by atomic mass is 16.5. The van der Waals surface area contributed by atoms with Crippen LogP contribution in [0.15, 0.2) is 18.5 Å². The normalized spacial score (nSPS) is 28.4. The van der Waals surface area contributed by atoms with Crippen LogP contribution in [0.2, 0.25) is 0 Å². The summed E-state index contributed by atoms with van der Waals surface area (Å²) < 4.78 is 5.19. The molecule has 1 aromatic rings. The molecule has 0 aromatic carbocycles. The summed E-state index contributed by atoms with van der Waals surface area (Å²) in [7, 11) is 5.83. The fourth-order valence-electron chi connectivity index (χ4n) is 4.95. The van der Waals surface area contributed by atoms with Crippen LogP contribution in [0, 0.1) is 16.7 Å². The van der Waals surface area contributed by atoms with Crippen molar-refractivity contribution < 1.29 is 9.53 Å². The third-order valence-electron chi connectivity index (χ3n) is 5.51. The van der Waals surface area contributed by atoms with Gasteiger partial charge >= 0.3 is 0 Å². The summed E-state index contributed by atoms with van der Waals surface area (Å²) in [5.41, 5.74) is 1.18. The van der Waals surface area contributed by atoms with Crippen molar-refractivity contribution in [1.29, 1.82) is 0 Å². The minimum absolute atomic E-state index is 0.0692. The molecule has 2 aliphatic rings. The second-order valence-corrected chi connectivity index (χ2v) is 8.12. The van der Waals surface area contributed by atoms with E-state index in [-0.39, 0.29) is 11.3 Å². The first-order valence-corrected chi connectivity index (χ1v) is 8.20. The van der Waals surface area contributed by atoms with Gasteiger partial charge in [0.15, 0.2) is 0 Å². The van der Waals surface area contributed by atoms with E-state index in [1.165, 1.54) is 6.42 Å². The van der Waals surface area contributed by atoms with Crippen LogP contribution in [0.4, 0.5) is 0 Å². The molecule has 2 fully saturated rings. The molecule has 0 radical (unpaired) electrons. The van der Waals surface area contributed by atoms with Gasteiger partial charge in [0.05, 0.1) is 18.9 Å². The van der Waals surface area contributed by atoms with E-state index < -0.39 is 0 Å². The van der Waals surface area contributed by atoms with Crippen molar-refractivity contribution in [3.8, 4) is 5.75 Å². The molecule has 1 saturated heterocycles. The van der Waals surface area contributed by atoms with Crippen molar-refractivity contribution in [2.24, 2.45) is 16.7 Å². The number of hydrogen-bond acceptors (Lipinski definition) is 4. The minimum atomic E-state index is 0.0692. The number of hydrogen-bond donors (Lipinski definition) is 0. The van der Waals surface area contributed by atoms with Gasteiger partial charge in [0.25, 0.3) is 5.91 Å². The van der Waals surface area contributed by atoms with Gasteiger partial charge in [0, 0.05) is 31.2 Å². The maximum atomic E-state index is 12.9. The molecule has 5 heteroatoms. The van der Waals surface area contributed by atoms with E-state index in [1.54, 1.807) is 25.6 Å². The molecular formula is C18H27N3O2. The molecule has 1 aliphatic heterocycles. The highest BCUT2D eigenvalue weighted by Gasteiger charge is 2.63. The minimum Gasteiger partial charge on any atom is -0.495 e. The van der Waals surface area contributed by atoms with E-state index >= 15 is 0 Å². The lowest BCUT2D eigenvalue weighted by Crippen LogP contribution is -2.57. The Labute approximate surface area is 138 Å². The molecule has 5 nitrogen and oxygen atoms in total. The predicted molar refractivity (Wildman–Crippen MR) is 89.6 cm³/mol. The van der Waals surface area contributed by atoms with E-state index in [2.05, 4.69) is 37.8 Å². The second kappa shape index (κ2) is 5.48. The molecule has 0 bridgehead atoms. The van der Waals surface area contributed by atoms with Crippen LogP contribution in [-0.4, -0.2) is 61.5 Å². The van der Waals surface area contributed by atoms with Crippen LogP contribution in [0.1, 0.15) is 30.6 Å². The Kier molecular flexibility index (Phi) is 3.87. The average Bonchev–Trinajstić information content (AvgIpc) is 2.80. The van der Waals surface area contributed by atoms with Crippen LogP contribution < -0.4 is 4.74 Å². The van der Waals surface area contributed by atoms with E-state index in [1.807, 2.05) is 4.90 Å². The summed E-state index contributed by atoms with van der Waals surface area (Å²) in [5.74, 6) is 1.26. The lowest BCUT2D eigenvalue weighted by Gasteiger charge is -2.57. The molecule has 2 atom stereocenters. The fourth-order valence-corrected chi connectivity index (χ4v) is 4.95. The lowest BCUT2D eigenvalue weighted by atomic mass is 9.48. The van der Waals surface area contributed by atoms with Crippen molar-refractivity contribution in [1.82, 2.24) is 14.8 Å². The Balaban J connectivity index is 1.81. The van der Waals surface area contributed by atoms with Crippen molar-refractivity contribution in [3.63, 3.8) is 0 Å². The summed E-state index contributed by atoms with van der Waals surface area (Å²) in [6, 6.07) is 1.78. The quantitative estimate of drug-likeness (QED) is 0.853. The smallest absolute Gasteiger partial charge is 0.255 e.